The van der Waals surface area contributed by atoms with Crippen LogP contribution in [0, 0.1) is 0 Å². The predicted molar refractivity (Wildman–Crippen MR) is 60.9 cm³/mol. The summed E-state index contributed by atoms with van der Waals surface area (Å²) in [5, 5.41) is 18.6. The van der Waals surface area contributed by atoms with Gasteiger partial charge in [0.1, 0.15) is 11.5 Å². The molecule has 0 saturated carbocycles. The second kappa shape index (κ2) is 4.98. The van der Waals surface area contributed by atoms with E-state index in [-0.39, 0.29) is 18.3 Å². The number of aromatic nitrogens is 2. The molecule has 1 unspecified atom stereocenters. The molecule has 6 heteroatoms. The van der Waals surface area contributed by atoms with Crippen LogP contribution in [0.1, 0.15) is 37.2 Å². The Hall–Kier alpha value is -1.56. The van der Waals surface area contributed by atoms with Gasteiger partial charge in [0.2, 0.25) is 0 Å². The lowest BCUT2D eigenvalue weighted by molar-refractivity contribution is 0.0468. The number of nitrogens with zero attached hydrogens (tertiary/aromatic N) is 1. The second-order valence-electron chi connectivity index (χ2n) is 4.14. The number of aromatic amines is 1. The summed E-state index contributed by atoms with van der Waals surface area (Å²) in [6.45, 7) is 3.88. The average Bonchev–Trinajstić information content (AvgIpc) is 2.61. The molecule has 1 aromatic heterocycles. The summed E-state index contributed by atoms with van der Waals surface area (Å²) in [7, 11) is 0. The Kier molecular flexibility index (Phi) is 3.89. The van der Waals surface area contributed by atoms with Crippen molar-refractivity contribution < 1.29 is 9.90 Å². The number of H-pyrrole nitrogens is 1. The molecular formula is C10H18N4O2. The van der Waals surface area contributed by atoms with Crippen molar-refractivity contribution in [3.05, 3.63) is 11.8 Å². The highest BCUT2D eigenvalue weighted by atomic mass is 16.3. The molecule has 0 spiro atoms. The first-order valence-corrected chi connectivity index (χ1v) is 5.26. The van der Waals surface area contributed by atoms with Gasteiger partial charge in [-0.2, -0.15) is 5.10 Å². The van der Waals surface area contributed by atoms with E-state index in [0.717, 1.165) is 6.42 Å². The number of aliphatic hydroxyl groups is 1. The van der Waals surface area contributed by atoms with E-state index in [1.807, 2.05) is 6.92 Å². The van der Waals surface area contributed by atoms with E-state index in [1.54, 1.807) is 6.92 Å². The Morgan fingerprint density at radius 2 is 2.44 bits per heavy atom. The fraction of sp³-hybridized carbons (Fsp3) is 0.600. The zero-order valence-electron chi connectivity index (χ0n) is 9.58. The summed E-state index contributed by atoms with van der Waals surface area (Å²) >= 11 is 0. The van der Waals surface area contributed by atoms with E-state index in [1.165, 1.54) is 6.07 Å². The molecule has 5 N–H and O–H groups in total. The molecule has 1 aromatic rings. The lowest BCUT2D eigenvalue weighted by Crippen LogP contribution is -2.40. The van der Waals surface area contributed by atoms with Gasteiger partial charge in [0, 0.05) is 12.6 Å². The number of nitrogens with one attached hydrogen (secondary N) is 2. The first-order chi connectivity index (χ1) is 7.44. The summed E-state index contributed by atoms with van der Waals surface area (Å²) in [6.07, 6.45) is 1.50. The molecule has 0 aliphatic carbocycles. The van der Waals surface area contributed by atoms with Crippen LogP contribution in [0.4, 0.5) is 5.82 Å². The lowest BCUT2D eigenvalue weighted by Gasteiger charge is -2.22. The van der Waals surface area contributed by atoms with Crippen molar-refractivity contribution in [2.45, 2.75) is 32.3 Å². The van der Waals surface area contributed by atoms with E-state index in [9.17, 15) is 9.90 Å². The number of nitrogens with two attached hydrogens (primary N) is 1. The maximum Gasteiger partial charge on any atom is 0.269 e. The summed E-state index contributed by atoms with van der Waals surface area (Å²) in [5.74, 6) is -0.0500. The van der Waals surface area contributed by atoms with Gasteiger partial charge in [-0.3, -0.25) is 9.89 Å². The summed E-state index contributed by atoms with van der Waals surface area (Å²) in [6, 6.07) is 1.45. The largest absolute Gasteiger partial charge is 0.388 e. The summed E-state index contributed by atoms with van der Waals surface area (Å²) in [5.41, 5.74) is 4.79. The number of hydrogen-bond donors (Lipinski definition) is 4. The van der Waals surface area contributed by atoms with Gasteiger partial charge in [-0.05, 0) is 13.3 Å². The number of hydrogen-bond acceptors (Lipinski definition) is 4. The molecule has 0 aliphatic rings. The number of nitrogen functional groups attached to an aromatic ring is 1. The van der Waals surface area contributed by atoms with Crippen molar-refractivity contribution in [1.82, 2.24) is 15.5 Å². The molecule has 1 rings (SSSR count). The highest BCUT2D eigenvalue weighted by molar-refractivity contribution is 5.92. The van der Waals surface area contributed by atoms with Gasteiger partial charge in [-0.15, -0.1) is 0 Å². The Labute approximate surface area is 94.2 Å². The third-order valence-corrected chi connectivity index (χ3v) is 2.26. The molecular weight excluding hydrogens is 208 g/mol. The number of rotatable bonds is 5. The summed E-state index contributed by atoms with van der Waals surface area (Å²) in [4.78, 5) is 11.6. The van der Waals surface area contributed by atoms with E-state index in [0.29, 0.717) is 12.1 Å². The molecule has 0 aliphatic heterocycles. The van der Waals surface area contributed by atoms with Gasteiger partial charge in [0.25, 0.3) is 5.91 Å². The van der Waals surface area contributed by atoms with Crippen molar-refractivity contribution >= 4 is 11.7 Å². The molecule has 0 bridgehead atoms. The van der Waals surface area contributed by atoms with Gasteiger partial charge in [0.15, 0.2) is 0 Å². The van der Waals surface area contributed by atoms with Gasteiger partial charge in [-0.1, -0.05) is 13.3 Å². The van der Waals surface area contributed by atoms with Crippen LogP contribution in [0.2, 0.25) is 0 Å². The molecule has 1 amide bonds. The Bertz CT molecular complexity index is 359. The van der Waals surface area contributed by atoms with Gasteiger partial charge in [0.05, 0.1) is 5.60 Å². The van der Waals surface area contributed by atoms with Crippen LogP contribution in [0.25, 0.3) is 0 Å². The molecule has 0 fully saturated rings. The van der Waals surface area contributed by atoms with Crippen LogP contribution < -0.4 is 11.1 Å². The zero-order chi connectivity index (χ0) is 12.2. The van der Waals surface area contributed by atoms with Crippen LogP contribution in [-0.2, 0) is 0 Å². The number of amides is 1. The van der Waals surface area contributed by atoms with Crippen LogP contribution in [0.5, 0.6) is 0 Å². The van der Waals surface area contributed by atoms with Crippen molar-refractivity contribution in [3.63, 3.8) is 0 Å². The van der Waals surface area contributed by atoms with Crippen molar-refractivity contribution in [2.24, 2.45) is 0 Å². The molecule has 1 heterocycles. The third-order valence-electron chi connectivity index (χ3n) is 2.26. The molecule has 6 nitrogen and oxygen atoms in total. The maximum absolute atomic E-state index is 11.6. The Balaban J connectivity index is 2.47. The van der Waals surface area contributed by atoms with E-state index in [4.69, 9.17) is 5.73 Å². The van der Waals surface area contributed by atoms with Crippen LogP contribution in [-0.4, -0.2) is 33.4 Å². The molecule has 0 saturated heterocycles. The topological polar surface area (TPSA) is 104 Å². The Morgan fingerprint density at radius 3 is 2.94 bits per heavy atom. The van der Waals surface area contributed by atoms with Gasteiger partial charge < -0.3 is 16.2 Å². The minimum atomic E-state index is -0.879. The fourth-order valence-corrected chi connectivity index (χ4v) is 1.45. The number of carbonyl (C=O) groups is 1. The van der Waals surface area contributed by atoms with Gasteiger partial charge in [-0.25, -0.2) is 0 Å². The average molecular weight is 226 g/mol. The highest BCUT2D eigenvalue weighted by Crippen LogP contribution is 2.10. The minimum Gasteiger partial charge on any atom is -0.388 e. The first kappa shape index (κ1) is 12.5. The smallest absolute Gasteiger partial charge is 0.269 e. The Morgan fingerprint density at radius 1 is 1.75 bits per heavy atom. The fourth-order valence-electron chi connectivity index (χ4n) is 1.45. The van der Waals surface area contributed by atoms with Crippen LogP contribution >= 0.6 is 0 Å². The molecule has 1 atom stereocenters. The van der Waals surface area contributed by atoms with Crippen molar-refractivity contribution in [1.29, 1.82) is 0 Å². The minimum absolute atomic E-state index is 0.207. The van der Waals surface area contributed by atoms with E-state index < -0.39 is 5.60 Å². The molecule has 16 heavy (non-hydrogen) atoms. The lowest BCUT2D eigenvalue weighted by atomic mass is 10.0. The first-order valence-electron chi connectivity index (χ1n) is 5.26. The highest BCUT2D eigenvalue weighted by Gasteiger charge is 2.20. The third kappa shape index (κ3) is 3.54. The van der Waals surface area contributed by atoms with E-state index >= 15 is 0 Å². The van der Waals surface area contributed by atoms with Crippen molar-refractivity contribution in [2.75, 3.05) is 12.3 Å². The molecule has 90 valence electrons. The van der Waals surface area contributed by atoms with Crippen LogP contribution in [0.15, 0.2) is 6.07 Å². The van der Waals surface area contributed by atoms with E-state index in [2.05, 4.69) is 15.5 Å². The quantitative estimate of drug-likeness (QED) is 0.578. The predicted octanol–water partition coefficient (Wildman–Crippen LogP) is 0.273. The summed E-state index contributed by atoms with van der Waals surface area (Å²) < 4.78 is 0. The van der Waals surface area contributed by atoms with Crippen LogP contribution in [0.3, 0.4) is 0 Å². The maximum atomic E-state index is 11.6. The van der Waals surface area contributed by atoms with Gasteiger partial charge >= 0.3 is 0 Å². The zero-order valence-corrected chi connectivity index (χ0v) is 9.58. The standard InChI is InChI=1S/C10H18N4O2/c1-3-4-10(2,16)6-12-9(15)7-5-8(11)14-13-7/h5,16H,3-4,6H2,1-2H3,(H,12,15)(H3,11,13,14). The normalized spacial score (nSPS) is 14.4. The number of anilines is 1. The SMILES string of the molecule is CCCC(C)(O)CNC(=O)c1cc(N)n[nH]1. The molecule has 0 radical (unpaired) electrons. The van der Waals surface area contributed by atoms with Crippen molar-refractivity contribution in [3.8, 4) is 0 Å². The molecule has 0 aromatic carbocycles. The second-order valence-corrected chi connectivity index (χ2v) is 4.14. The monoisotopic (exact) mass is 226 g/mol. The number of carbonyl (C=O) groups excluding carboxylic acids is 1.